The number of fused-ring (bicyclic) bond motifs is 1. The van der Waals surface area contributed by atoms with Gasteiger partial charge in [-0.25, -0.2) is 9.97 Å². The maximum Gasteiger partial charge on any atom is 0.148 e. The van der Waals surface area contributed by atoms with Crippen molar-refractivity contribution in [2.75, 3.05) is 44.6 Å². The van der Waals surface area contributed by atoms with Crippen molar-refractivity contribution in [3.8, 4) is 10.4 Å². The van der Waals surface area contributed by atoms with Crippen LogP contribution in [-0.2, 0) is 6.54 Å². The van der Waals surface area contributed by atoms with E-state index in [1.165, 1.54) is 48.5 Å². The standard InChI is InChI=1S/C29H33N5OS/c35-19-26(23-4-2-1-3-5-23)32-29-28-25(30-20-31-29)16-27(36-28)24-10-8-22(9-11-24)18-34-14-12-33(13-15-34)17-21-6-7-21/h1-5,8-11,16,20-21,26,35H,6-7,12-15,17-19H2,(H,30,31,32)/t26-/m1/s1. The highest BCUT2D eigenvalue weighted by Crippen LogP contribution is 2.37. The monoisotopic (exact) mass is 499 g/mol. The van der Waals surface area contributed by atoms with Crippen LogP contribution in [0.1, 0.15) is 30.0 Å². The van der Waals surface area contributed by atoms with Crippen molar-refractivity contribution in [3.63, 3.8) is 0 Å². The fourth-order valence-corrected chi connectivity index (χ4v) is 6.08. The third-order valence-electron chi connectivity index (χ3n) is 7.33. The number of aromatic nitrogens is 2. The van der Waals surface area contributed by atoms with E-state index in [-0.39, 0.29) is 12.6 Å². The summed E-state index contributed by atoms with van der Waals surface area (Å²) in [5.74, 6) is 1.74. The number of nitrogens with zero attached hydrogens (tertiary/aromatic N) is 4. The van der Waals surface area contributed by atoms with E-state index in [1.54, 1.807) is 17.7 Å². The Bertz CT molecular complexity index is 1280. The SMILES string of the molecule is OC[C@@H](Nc1ncnc2cc(-c3ccc(CN4CCN(CC5CC5)CC4)cc3)sc12)c1ccccc1. The molecule has 0 spiro atoms. The van der Waals surface area contributed by atoms with Gasteiger partial charge in [-0.2, -0.15) is 0 Å². The summed E-state index contributed by atoms with van der Waals surface area (Å²) < 4.78 is 1.01. The second-order valence-electron chi connectivity index (χ2n) is 10.1. The summed E-state index contributed by atoms with van der Waals surface area (Å²) in [6.07, 6.45) is 4.47. The molecule has 36 heavy (non-hydrogen) atoms. The maximum absolute atomic E-state index is 9.98. The number of aliphatic hydroxyl groups excluding tert-OH is 1. The lowest BCUT2D eigenvalue weighted by molar-refractivity contribution is 0.123. The number of benzene rings is 2. The number of nitrogens with one attached hydrogen (secondary N) is 1. The summed E-state index contributed by atoms with van der Waals surface area (Å²) in [4.78, 5) is 15.4. The zero-order valence-corrected chi connectivity index (χ0v) is 21.3. The van der Waals surface area contributed by atoms with Gasteiger partial charge >= 0.3 is 0 Å². The predicted molar refractivity (Wildman–Crippen MR) is 147 cm³/mol. The summed E-state index contributed by atoms with van der Waals surface area (Å²) in [6, 6.07) is 20.9. The average molecular weight is 500 g/mol. The number of anilines is 1. The minimum atomic E-state index is -0.218. The number of rotatable bonds is 9. The van der Waals surface area contributed by atoms with Crippen LogP contribution >= 0.6 is 11.3 Å². The van der Waals surface area contributed by atoms with E-state index in [1.807, 2.05) is 30.3 Å². The first-order valence-electron chi connectivity index (χ1n) is 13.0. The van der Waals surface area contributed by atoms with Gasteiger partial charge in [-0.15, -0.1) is 11.3 Å². The lowest BCUT2D eigenvalue weighted by Crippen LogP contribution is -2.46. The van der Waals surface area contributed by atoms with Crippen LogP contribution in [0.3, 0.4) is 0 Å². The van der Waals surface area contributed by atoms with Crippen LogP contribution in [-0.4, -0.2) is 64.2 Å². The molecule has 2 N–H and O–H groups in total. The number of piperazine rings is 1. The van der Waals surface area contributed by atoms with E-state index in [0.717, 1.165) is 47.2 Å². The van der Waals surface area contributed by atoms with Gasteiger partial charge in [-0.1, -0.05) is 54.6 Å². The molecule has 2 fully saturated rings. The number of aliphatic hydroxyl groups is 1. The van der Waals surface area contributed by atoms with Gasteiger partial charge in [0.05, 0.1) is 22.9 Å². The van der Waals surface area contributed by atoms with Crippen molar-refractivity contribution in [1.29, 1.82) is 0 Å². The molecule has 2 aliphatic rings. The van der Waals surface area contributed by atoms with Gasteiger partial charge < -0.3 is 15.3 Å². The molecule has 0 amide bonds. The molecule has 0 radical (unpaired) electrons. The second kappa shape index (κ2) is 10.6. The Kier molecular flexibility index (Phi) is 6.96. The second-order valence-corrected chi connectivity index (χ2v) is 11.1. The van der Waals surface area contributed by atoms with Crippen molar-refractivity contribution >= 4 is 27.4 Å². The number of hydrogen-bond acceptors (Lipinski definition) is 7. The summed E-state index contributed by atoms with van der Waals surface area (Å²) >= 11 is 1.69. The molecule has 1 aliphatic heterocycles. The fraction of sp³-hybridized carbons (Fsp3) is 0.379. The first kappa shape index (κ1) is 23.6. The van der Waals surface area contributed by atoms with Crippen LogP contribution in [0.2, 0.25) is 0 Å². The molecule has 0 unspecified atom stereocenters. The molecule has 186 valence electrons. The van der Waals surface area contributed by atoms with Gasteiger partial charge in [-0.05, 0) is 41.5 Å². The third-order valence-corrected chi connectivity index (χ3v) is 8.51. The van der Waals surface area contributed by atoms with E-state index in [2.05, 4.69) is 55.4 Å². The molecule has 1 saturated heterocycles. The normalized spacial score (nSPS) is 17.9. The highest BCUT2D eigenvalue weighted by atomic mass is 32.1. The van der Waals surface area contributed by atoms with Crippen molar-refractivity contribution < 1.29 is 5.11 Å². The maximum atomic E-state index is 9.98. The van der Waals surface area contributed by atoms with E-state index >= 15 is 0 Å². The minimum Gasteiger partial charge on any atom is -0.394 e. The summed E-state index contributed by atoms with van der Waals surface area (Å²) in [6.45, 7) is 7.06. The Labute approximate surface area is 216 Å². The molecule has 3 heterocycles. The Morgan fingerprint density at radius 2 is 1.69 bits per heavy atom. The van der Waals surface area contributed by atoms with Crippen molar-refractivity contribution in [3.05, 3.63) is 78.1 Å². The third kappa shape index (κ3) is 5.44. The summed E-state index contributed by atoms with van der Waals surface area (Å²) in [5, 5.41) is 13.4. The smallest absolute Gasteiger partial charge is 0.148 e. The molecule has 4 aromatic rings. The van der Waals surface area contributed by atoms with Crippen molar-refractivity contribution in [2.24, 2.45) is 5.92 Å². The molecular weight excluding hydrogens is 466 g/mol. The molecule has 2 aromatic heterocycles. The molecule has 1 aliphatic carbocycles. The quantitative estimate of drug-likeness (QED) is 0.337. The van der Waals surface area contributed by atoms with Gasteiger partial charge in [0.2, 0.25) is 0 Å². The Morgan fingerprint density at radius 1 is 0.944 bits per heavy atom. The summed E-state index contributed by atoms with van der Waals surface area (Å²) in [5.41, 5.74) is 4.52. The fourth-order valence-electron chi connectivity index (χ4n) is 5.01. The first-order chi connectivity index (χ1) is 17.7. The van der Waals surface area contributed by atoms with E-state index in [4.69, 9.17) is 0 Å². The zero-order chi connectivity index (χ0) is 24.3. The Hall–Kier alpha value is -2.84. The lowest BCUT2D eigenvalue weighted by Gasteiger charge is -2.34. The molecule has 7 heteroatoms. The highest BCUT2D eigenvalue weighted by Gasteiger charge is 2.26. The van der Waals surface area contributed by atoms with Gasteiger partial charge in [-0.3, -0.25) is 4.90 Å². The van der Waals surface area contributed by atoms with Crippen LogP contribution in [0.25, 0.3) is 20.7 Å². The van der Waals surface area contributed by atoms with Gasteiger partial charge in [0.15, 0.2) is 0 Å². The predicted octanol–water partition coefficient (Wildman–Crippen LogP) is 5.03. The molecule has 6 nitrogen and oxygen atoms in total. The molecule has 1 saturated carbocycles. The van der Waals surface area contributed by atoms with E-state index < -0.39 is 0 Å². The topological polar surface area (TPSA) is 64.5 Å². The Balaban J connectivity index is 1.13. The van der Waals surface area contributed by atoms with Gasteiger partial charge in [0.1, 0.15) is 12.1 Å². The van der Waals surface area contributed by atoms with Crippen LogP contribution in [0.4, 0.5) is 5.82 Å². The summed E-state index contributed by atoms with van der Waals surface area (Å²) in [7, 11) is 0. The molecule has 0 bridgehead atoms. The van der Waals surface area contributed by atoms with Crippen LogP contribution in [0, 0.1) is 5.92 Å². The number of hydrogen-bond donors (Lipinski definition) is 2. The highest BCUT2D eigenvalue weighted by molar-refractivity contribution is 7.22. The largest absolute Gasteiger partial charge is 0.394 e. The molecule has 6 rings (SSSR count). The molecule has 2 aromatic carbocycles. The average Bonchev–Trinajstić information content (AvgIpc) is 3.63. The Morgan fingerprint density at radius 3 is 2.42 bits per heavy atom. The van der Waals surface area contributed by atoms with Crippen LogP contribution < -0.4 is 5.32 Å². The first-order valence-corrected chi connectivity index (χ1v) is 13.8. The zero-order valence-electron chi connectivity index (χ0n) is 20.5. The van der Waals surface area contributed by atoms with Crippen molar-refractivity contribution in [2.45, 2.75) is 25.4 Å². The minimum absolute atomic E-state index is 0.00916. The van der Waals surface area contributed by atoms with E-state index in [0.29, 0.717) is 0 Å². The molecular formula is C29H33N5OS. The van der Waals surface area contributed by atoms with Crippen LogP contribution in [0.15, 0.2) is 67.0 Å². The number of thiophene rings is 1. The van der Waals surface area contributed by atoms with Crippen molar-refractivity contribution in [1.82, 2.24) is 19.8 Å². The van der Waals surface area contributed by atoms with Crippen LogP contribution in [0.5, 0.6) is 0 Å². The van der Waals surface area contributed by atoms with E-state index in [9.17, 15) is 5.11 Å². The van der Waals surface area contributed by atoms with Gasteiger partial charge in [0.25, 0.3) is 0 Å². The van der Waals surface area contributed by atoms with Gasteiger partial charge in [0, 0.05) is 44.1 Å². The lowest BCUT2D eigenvalue weighted by atomic mass is 10.1. The molecule has 1 atom stereocenters.